The van der Waals surface area contributed by atoms with Crippen LogP contribution in [0.25, 0.3) is 0 Å². The van der Waals surface area contributed by atoms with E-state index in [9.17, 15) is 4.79 Å². The molecule has 3 nitrogen and oxygen atoms in total. The van der Waals surface area contributed by atoms with Gasteiger partial charge in [-0.1, -0.05) is 48.0 Å². The number of rotatable bonds is 5. The fourth-order valence-electron chi connectivity index (χ4n) is 2.23. The summed E-state index contributed by atoms with van der Waals surface area (Å²) in [7, 11) is 0. The van der Waals surface area contributed by atoms with E-state index in [1.165, 1.54) is 10.5 Å². The number of carbonyl (C=O) groups is 1. The van der Waals surface area contributed by atoms with Crippen molar-refractivity contribution in [1.29, 1.82) is 0 Å². The van der Waals surface area contributed by atoms with Crippen molar-refractivity contribution in [3.8, 4) is 0 Å². The number of carbonyl (C=O) groups excluding carboxylic acids is 1. The summed E-state index contributed by atoms with van der Waals surface area (Å²) in [4.78, 5) is 13.3. The van der Waals surface area contributed by atoms with Gasteiger partial charge in [0, 0.05) is 27.0 Å². The van der Waals surface area contributed by atoms with Crippen LogP contribution in [0, 0.1) is 0 Å². The summed E-state index contributed by atoms with van der Waals surface area (Å²) in [5, 5.41) is 6.15. The van der Waals surface area contributed by atoms with Gasteiger partial charge in [0.05, 0.1) is 0 Å². The highest BCUT2D eigenvalue weighted by molar-refractivity contribution is 7.98. The Kier molecular flexibility index (Phi) is 5.99. The molecule has 0 aromatic heterocycles. The Balaban J connectivity index is 1.52. The second-order valence-electron chi connectivity index (χ2n) is 5.39. The molecule has 2 N–H and O–H groups in total. The minimum atomic E-state index is -0.298. The van der Waals surface area contributed by atoms with Crippen molar-refractivity contribution in [1.82, 2.24) is 0 Å². The Morgan fingerprint density at radius 1 is 0.840 bits per heavy atom. The van der Waals surface area contributed by atoms with E-state index < -0.39 is 0 Å². The second-order valence-corrected chi connectivity index (χ2v) is 6.87. The molecule has 5 heteroatoms. The minimum Gasteiger partial charge on any atom is -0.308 e. The lowest BCUT2D eigenvalue weighted by Crippen LogP contribution is -2.19. The Morgan fingerprint density at radius 3 is 2.28 bits per heavy atom. The van der Waals surface area contributed by atoms with Crippen molar-refractivity contribution in [3.05, 3.63) is 89.4 Å². The maximum Gasteiger partial charge on any atom is 0.323 e. The topological polar surface area (TPSA) is 41.1 Å². The van der Waals surface area contributed by atoms with E-state index in [1.54, 1.807) is 36.0 Å². The molecule has 0 aliphatic heterocycles. The van der Waals surface area contributed by atoms with Gasteiger partial charge in [-0.2, -0.15) is 0 Å². The number of hydrogen-bond acceptors (Lipinski definition) is 2. The van der Waals surface area contributed by atoms with Gasteiger partial charge in [0.1, 0.15) is 0 Å². The van der Waals surface area contributed by atoms with E-state index >= 15 is 0 Å². The van der Waals surface area contributed by atoms with E-state index in [1.807, 2.05) is 42.5 Å². The monoisotopic (exact) mass is 368 g/mol. The van der Waals surface area contributed by atoms with Gasteiger partial charge < -0.3 is 10.6 Å². The molecule has 0 atom stereocenters. The smallest absolute Gasteiger partial charge is 0.308 e. The van der Waals surface area contributed by atoms with Crippen molar-refractivity contribution in [2.45, 2.75) is 10.6 Å². The average molecular weight is 369 g/mol. The molecule has 0 bridgehead atoms. The lowest BCUT2D eigenvalue weighted by molar-refractivity contribution is 0.262. The van der Waals surface area contributed by atoms with Crippen molar-refractivity contribution < 1.29 is 4.79 Å². The number of urea groups is 1. The highest BCUT2D eigenvalue weighted by Gasteiger charge is 2.03. The third-order valence-electron chi connectivity index (χ3n) is 3.44. The number of nitrogens with one attached hydrogen (secondary N) is 2. The first kappa shape index (κ1) is 17.4. The Bertz CT molecular complexity index is 838. The molecule has 0 saturated heterocycles. The van der Waals surface area contributed by atoms with Crippen LogP contribution in [0.1, 0.15) is 5.56 Å². The van der Waals surface area contributed by atoms with Gasteiger partial charge in [-0.25, -0.2) is 4.79 Å². The van der Waals surface area contributed by atoms with E-state index in [-0.39, 0.29) is 6.03 Å². The zero-order valence-corrected chi connectivity index (χ0v) is 15.0. The standard InChI is InChI=1S/C20H17ClN2OS/c21-16-5-4-6-18(13-16)23-20(24)22-17-11-9-15(10-12-17)14-25-19-7-2-1-3-8-19/h1-13H,14H2,(H2,22,23,24). The van der Waals surface area contributed by atoms with Gasteiger partial charge >= 0.3 is 6.03 Å². The molecule has 0 aliphatic rings. The fourth-order valence-corrected chi connectivity index (χ4v) is 3.29. The molecular formula is C20H17ClN2OS. The van der Waals surface area contributed by atoms with Crippen molar-refractivity contribution >= 4 is 40.8 Å². The highest BCUT2D eigenvalue weighted by Crippen LogP contribution is 2.23. The average Bonchev–Trinajstić information content (AvgIpc) is 2.62. The van der Waals surface area contributed by atoms with Crippen LogP contribution in [0.5, 0.6) is 0 Å². The van der Waals surface area contributed by atoms with Crippen LogP contribution in [0.2, 0.25) is 5.02 Å². The lowest BCUT2D eigenvalue weighted by atomic mass is 10.2. The van der Waals surface area contributed by atoms with Crippen LogP contribution >= 0.6 is 23.4 Å². The quantitative estimate of drug-likeness (QED) is 0.520. The molecule has 0 spiro atoms. The first-order valence-electron chi connectivity index (χ1n) is 7.79. The second kappa shape index (κ2) is 8.60. The summed E-state index contributed by atoms with van der Waals surface area (Å²) in [6.07, 6.45) is 0. The highest BCUT2D eigenvalue weighted by atomic mass is 35.5. The summed E-state index contributed by atoms with van der Waals surface area (Å²) in [5.74, 6) is 0.888. The molecule has 2 amide bonds. The largest absolute Gasteiger partial charge is 0.323 e. The number of halogens is 1. The predicted octanol–water partition coefficient (Wildman–Crippen LogP) is 6.28. The van der Waals surface area contributed by atoms with Crippen molar-refractivity contribution in [2.75, 3.05) is 10.6 Å². The molecule has 0 aliphatic carbocycles. The molecule has 3 aromatic carbocycles. The van der Waals surface area contributed by atoms with Crippen molar-refractivity contribution in [2.24, 2.45) is 0 Å². The first-order chi connectivity index (χ1) is 12.2. The summed E-state index contributed by atoms with van der Waals surface area (Å²) in [6.45, 7) is 0. The molecule has 0 unspecified atom stereocenters. The van der Waals surface area contributed by atoms with Crippen LogP contribution in [0.15, 0.2) is 83.8 Å². The minimum absolute atomic E-state index is 0.298. The first-order valence-corrected chi connectivity index (χ1v) is 9.16. The zero-order valence-electron chi connectivity index (χ0n) is 13.4. The van der Waals surface area contributed by atoms with Crippen LogP contribution in [-0.4, -0.2) is 6.03 Å². The Morgan fingerprint density at radius 2 is 1.56 bits per heavy atom. The molecule has 0 saturated carbocycles. The van der Waals surface area contributed by atoms with Gasteiger partial charge in [0.25, 0.3) is 0 Å². The summed E-state index contributed by atoms with van der Waals surface area (Å²) in [5.41, 5.74) is 2.60. The maximum absolute atomic E-state index is 12.0. The molecule has 0 radical (unpaired) electrons. The van der Waals surface area contributed by atoms with Crippen LogP contribution in [-0.2, 0) is 5.75 Å². The fraction of sp³-hybridized carbons (Fsp3) is 0.0500. The number of benzene rings is 3. The van der Waals surface area contributed by atoms with E-state index in [0.29, 0.717) is 10.7 Å². The zero-order chi connectivity index (χ0) is 17.5. The number of amides is 2. The SMILES string of the molecule is O=C(Nc1ccc(CSc2ccccc2)cc1)Nc1cccc(Cl)c1. The van der Waals surface area contributed by atoms with Crippen LogP contribution in [0.3, 0.4) is 0 Å². The van der Waals surface area contributed by atoms with Gasteiger partial charge in [0.2, 0.25) is 0 Å². The molecule has 0 heterocycles. The number of thioether (sulfide) groups is 1. The molecular weight excluding hydrogens is 352 g/mol. The molecule has 3 aromatic rings. The predicted molar refractivity (Wildman–Crippen MR) is 107 cm³/mol. The summed E-state index contributed by atoms with van der Waals surface area (Å²) < 4.78 is 0. The molecule has 3 rings (SSSR count). The van der Waals surface area contributed by atoms with E-state index in [2.05, 4.69) is 22.8 Å². The third-order valence-corrected chi connectivity index (χ3v) is 4.76. The van der Waals surface area contributed by atoms with Gasteiger partial charge in [-0.05, 0) is 48.0 Å². The van der Waals surface area contributed by atoms with E-state index in [4.69, 9.17) is 11.6 Å². The van der Waals surface area contributed by atoms with Crippen molar-refractivity contribution in [3.63, 3.8) is 0 Å². The lowest BCUT2D eigenvalue weighted by Gasteiger charge is -2.09. The summed E-state index contributed by atoms with van der Waals surface area (Å²) in [6, 6.07) is 24.9. The van der Waals surface area contributed by atoms with Crippen LogP contribution < -0.4 is 10.6 Å². The van der Waals surface area contributed by atoms with Gasteiger partial charge in [-0.3, -0.25) is 0 Å². The number of anilines is 2. The van der Waals surface area contributed by atoms with Gasteiger partial charge in [0.15, 0.2) is 0 Å². The maximum atomic E-state index is 12.0. The molecule has 25 heavy (non-hydrogen) atoms. The third kappa shape index (κ3) is 5.55. The molecule has 0 fully saturated rings. The summed E-state index contributed by atoms with van der Waals surface area (Å²) >= 11 is 7.69. The number of hydrogen-bond donors (Lipinski definition) is 2. The Hall–Kier alpha value is -2.43. The van der Waals surface area contributed by atoms with Gasteiger partial charge in [-0.15, -0.1) is 11.8 Å². The normalized spacial score (nSPS) is 10.3. The van der Waals surface area contributed by atoms with Crippen LogP contribution in [0.4, 0.5) is 16.2 Å². The Labute approximate surface area is 156 Å². The molecule has 126 valence electrons. The van der Waals surface area contributed by atoms with E-state index in [0.717, 1.165) is 11.4 Å².